The Kier molecular flexibility index (Phi) is 5.02. The lowest BCUT2D eigenvalue weighted by Crippen LogP contribution is -2.10. The lowest BCUT2D eigenvalue weighted by Gasteiger charge is -2.21. The van der Waals surface area contributed by atoms with Crippen LogP contribution >= 0.6 is 0 Å². The Labute approximate surface area is 165 Å². The Bertz CT molecular complexity index is 961. The number of nitrogens with zero attached hydrogens (tertiary/aromatic N) is 4. The Morgan fingerprint density at radius 2 is 1.21 bits per heavy atom. The van der Waals surface area contributed by atoms with Crippen molar-refractivity contribution in [3.05, 3.63) is 97.6 Å². The first-order valence-corrected chi connectivity index (χ1v) is 9.20. The highest BCUT2D eigenvalue weighted by atomic mass is 15.1. The average molecular weight is 366 g/mol. The Hall–Kier alpha value is -3.66. The zero-order valence-electron chi connectivity index (χ0n) is 16.0. The number of hydrogen-bond acceptors (Lipinski definition) is 4. The van der Waals surface area contributed by atoms with Gasteiger partial charge in [-0.3, -0.25) is 9.97 Å². The summed E-state index contributed by atoms with van der Waals surface area (Å²) in [5.41, 5.74) is 6.55. The number of rotatable bonds is 5. The normalized spacial score (nSPS) is 10.5. The standard InChI is InChI=1S/C24H22N4/c1-27(21-9-4-3-5-10-21)22-11-6-8-19(14-22)20-15-24(18-26-16-20)28(2)23-12-7-13-25-17-23/h3-18H,1-2H3. The number of anilines is 4. The van der Waals surface area contributed by atoms with Crippen LogP contribution in [-0.4, -0.2) is 24.1 Å². The van der Waals surface area contributed by atoms with Gasteiger partial charge in [0.05, 0.1) is 23.8 Å². The van der Waals surface area contributed by atoms with E-state index in [0.29, 0.717) is 0 Å². The molecule has 0 aliphatic rings. The molecule has 2 heterocycles. The summed E-state index contributed by atoms with van der Waals surface area (Å²) in [6.07, 6.45) is 7.40. The number of hydrogen-bond donors (Lipinski definition) is 0. The van der Waals surface area contributed by atoms with E-state index < -0.39 is 0 Å². The molecule has 0 radical (unpaired) electrons. The highest BCUT2D eigenvalue weighted by Crippen LogP contribution is 2.30. The Morgan fingerprint density at radius 1 is 0.536 bits per heavy atom. The van der Waals surface area contributed by atoms with Crippen LogP contribution in [-0.2, 0) is 0 Å². The summed E-state index contributed by atoms with van der Waals surface area (Å²) < 4.78 is 0. The zero-order chi connectivity index (χ0) is 19.3. The van der Waals surface area contributed by atoms with Gasteiger partial charge in [-0.15, -0.1) is 0 Å². The SMILES string of the molecule is CN(c1ccccc1)c1cccc(-c2cncc(N(C)c3cccnc3)c2)c1. The first-order chi connectivity index (χ1) is 13.7. The van der Waals surface area contributed by atoms with Gasteiger partial charge in [0.2, 0.25) is 0 Å². The van der Waals surface area contributed by atoms with Crippen LogP contribution in [0, 0.1) is 0 Å². The summed E-state index contributed by atoms with van der Waals surface area (Å²) in [5, 5.41) is 0. The fourth-order valence-corrected chi connectivity index (χ4v) is 3.17. The first kappa shape index (κ1) is 17.7. The maximum absolute atomic E-state index is 4.46. The Morgan fingerprint density at radius 3 is 2.00 bits per heavy atom. The summed E-state index contributed by atoms with van der Waals surface area (Å²) >= 11 is 0. The van der Waals surface area contributed by atoms with Crippen LogP contribution in [0.2, 0.25) is 0 Å². The second kappa shape index (κ2) is 7.92. The molecule has 0 amide bonds. The van der Waals surface area contributed by atoms with E-state index in [2.05, 4.69) is 81.4 Å². The van der Waals surface area contributed by atoms with E-state index in [4.69, 9.17) is 0 Å². The second-order valence-electron chi connectivity index (χ2n) is 6.65. The van der Waals surface area contributed by atoms with Gasteiger partial charge in [-0.1, -0.05) is 30.3 Å². The number of aromatic nitrogens is 2. The number of para-hydroxylation sites is 1. The third kappa shape index (κ3) is 3.71. The monoisotopic (exact) mass is 366 g/mol. The highest BCUT2D eigenvalue weighted by molar-refractivity contribution is 5.74. The predicted molar refractivity (Wildman–Crippen MR) is 116 cm³/mol. The van der Waals surface area contributed by atoms with E-state index in [1.807, 2.05) is 43.8 Å². The lowest BCUT2D eigenvalue weighted by atomic mass is 10.1. The van der Waals surface area contributed by atoms with Gasteiger partial charge in [0.1, 0.15) is 0 Å². The van der Waals surface area contributed by atoms with Crippen LogP contribution in [0.3, 0.4) is 0 Å². The van der Waals surface area contributed by atoms with E-state index in [0.717, 1.165) is 33.9 Å². The third-order valence-corrected chi connectivity index (χ3v) is 4.85. The largest absolute Gasteiger partial charge is 0.345 e. The van der Waals surface area contributed by atoms with Crippen molar-refractivity contribution < 1.29 is 0 Å². The molecule has 0 aliphatic heterocycles. The maximum atomic E-state index is 4.46. The van der Waals surface area contributed by atoms with Gasteiger partial charge in [-0.25, -0.2) is 0 Å². The second-order valence-corrected chi connectivity index (χ2v) is 6.65. The molecule has 0 spiro atoms. The van der Waals surface area contributed by atoms with Gasteiger partial charge >= 0.3 is 0 Å². The molecule has 0 fully saturated rings. The fourth-order valence-electron chi connectivity index (χ4n) is 3.17. The molecule has 0 saturated carbocycles. The molecule has 2 aromatic heterocycles. The average Bonchev–Trinajstić information content (AvgIpc) is 2.79. The van der Waals surface area contributed by atoms with Crippen molar-refractivity contribution in [2.75, 3.05) is 23.9 Å². The molecule has 4 heteroatoms. The van der Waals surface area contributed by atoms with E-state index >= 15 is 0 Å². The molecular weight excluding hydrogens is 344 g/mol. The minimum atomic E-state index is 1.02. The predicted octanol–water partition coefficient (Wildman–Crippen LogP) is 5.68. The van der Waals surface area contributed by atoms with Gasteiger partial charge in [-0.2, -0.15) is 0 Å². The minimum Gasteiger partial charge on any atom is -0.345 e. The van der Waals surface area contributed by atoms with Gasteiger partial charge in [0, 0.05) is 43.4 Å². The summed E-state index contributed by atoms with van der Waals surface area (Å²) in [7, 11) is 4.11. The Balaban J connectivity index is 1.65. The lowest BCUT2D eigenvalue weighted by molar-refractivity contribution is 1.15. The van der Waals surface area contributed by atoms with Crippen LogP contribution < -0.4 is 9.80 Å². The van der Waals surface area contributed by atoms with Gasteiger partial charge in [-0.05, 0) is 48.0 Å². The summed E-state index contributed by atoms with van der Waals surface area (Å²) in [5.74, 6) is 0. The van der Waals surface area contributed by atoms with Crippen molar-refractivity contribution >= 4 is 22.7 Å². The molecule has 0 N–H and O–H groups in total. The van der Waals surface area contributed by atoms with Crippen LogP contribution in [0.25, 0.3) is 11.1 Å². The first-order valence-electron chi connectivity index (χ1n) is 9.20. The van der Waals surface area contributed by atoms with Crippen molar-refractivity contribution in [3.8, 4) is 11.1 Å². The smallest absolute Gasteiger partial charge is 0.0601 e. The molecular formula is C24H22N4. The van der Waals surface area contributed by atoms with Crippen molar-refractivity contribution in [2.45, 2.75) is 0 Å². The molecule has 28 heavy (non-hydrogen) atoms. The number of benzene rings is 2. The molecule has 0 aliphatic carbocycles. The van der Waals surface area contributed by atoms with Crippen LogP contribution in [0.1, 0.15) is 0 Å². The highest BCUT2D eigenvalue weighted by Gasteiger charge is 2.09. The molecule has 4 aromatic rings. The van der Waals surface area contributed by atoms with E-state index in [1.165, 1.54) is 0 Å². The van der Waals surface area contributed by atoms with Crippen LogP contribution in [0.15, 0.2) is 97.6 Å². The van der Waals surface area contributed by atoms with Gasteiger partial charge in [0.15, 0.2) is 0 Å². The quantitative estimate of drug-likeness (QED) is 0.455. The van der Waals surface area contributed by atoms with Crippen molar-refractivity contribution in [1.82, 2.24) is 9.97 Å². The molecule has 0 unspecified atom stereocenters. The van der Waals surface area contributed by atoms with Crippen molar-refractivity contribution in [1.29, 1.82) is 0 Å². The van der Waals surface area contributed by atoms with Crippen molar-refractivity contribution in [2.24, 2.45) is 0 Å². The number of pyridine rings is 2. The molecule has 0 saturated heterocycles. The molecule has 4 rings (SSSR count). The van der Waals surface area contributed by atoms with Gasteiger partial charge < -0.3 is 9.80 Å². The topological polar surface area (TPSA) is 32.3 Å². The minimum absolute atomic E-state index is 1.02. The van der Waals surface area contributed by atoms with Crippen molar-refractivity contribution in [3.63, 3.8) is 0 Å². The van der Waals surface area contributed by atoms with Gasteiger partial charge in [0.25, 0.3) is 0 Å². The van der Waals surface area contributed by atoms with E-state index in [9.17, 15) is 0 Å². The van der Waals surface area contributed by atoms with E-state index in [-0.39, 0.29) is 0 Å². The molecule has 2 aromatic carbocycles. The van der Waals surface area contributed by atoms with Crippen LogP contribution in [0.5, 0.6) is 0 Å². The summed E-state index contributed by atoms with van der Waals surface area (Å²) in [6.45, 7) is 0. The molecule has 4 nitrogen and oxygen atoms in total. The summed E-state index contributed by atoms with van der Waals surface area (Å²) in [4.78, 5) is 12.9. The van der Waals surface area contributed by atoms with Crippen LogP contribution in [0.4, 0.5) is 22.7 Å². The maximum Gasteiger partial charge on any atom is 0.0601 e. The zero-order valence-corrected chi connectivity index (χ0v) is 16.0. The molecule has 0 bridgehead atoms. The molecule has 138 valence electrons. The molecule has 0 atom stereocenters. The third-order valence-electron chi connectivity index (χ3n) is 4.85. The summed E-state index contributed by atoms with van der Waals surface area (Å²) in [6, 6.07) is 25.0. The fraction of sp³-hybridized carbons (Fsp3) is 0.0833. The van der Waals surface area contributed by atoms with E-state index in [1.54, 1.807) is 6.20 Å².